The number of aliphatic hydroxyl groups is 1. The lowest BCUT2D eigenvalue weighted by Gasteiger charge is -2.48. The molecule has 0 saturated carbocycles. The first-order valence-electron chi connectivity index (χ1n) is 8.73. The Labute approximate surface area is 154 Å². The Bertz CT molecular complexity index is 603. The van der Waals surface area contributed by atoms with E-state index in [1.54, 1.807) is 6.92 Å². The fraction of sp³-hybridized carbons (Fsp3) is 0.409. The molecule has 0 radical (unpaired) electrons. The third-order valence-electron chi connectivity index (χ3n) is 4.47. The molecule has 0 fully saturated rings. The van der Waals surface area contributed by atoms with Crippen LogP contribution >= 0.6 is 10.0 Å². The van der Waals surface area contributed by atoms with Crippen molar-refractivity contribution < 1.29 is 9.90 Å². The SMILES string of the molecule is CC(C)(C)S(C)(c1ccccc1)c1ccccc1.CCC(=O)[C@H](C)O. The van der Waals surface area contributed by atoms with E-state index in [1.165, 1.54) is 16.7 Å². The van der Waals surface area contributed by atoms with Crippen LogP contribution in [0, 0.1) is 0 Å². The molecule has 1 atom stereocenters. The van der Waals surface area contributed by atoms with E-state index in [-0.39, 0.29) is 10.5 Å². The predicted molar refractivity (Wildman–Crippen MR) is 110 cm³/mol. The van der Waals surface area contributed by atoms with Crippen LogP contribution in [0.2, 0.25) is 0 Å². The van der Waals surface area contributed by atoms with Crippen molar-refractivity contribution in [3.8, 4) is 0 Å². The van der Waals surface area contributed by atoms with Gasteiger partial charge in [0.25, 0.3) is 0 Å². The highest BCUT2D eigenvalue weighted by atomic mass is 32.3. The van der Waals surface area contributed by atoms with Gasteiger partial charge in [-0.2, -0.15) is 10.0 Å². The van der Waals surface area contributed by atoms with E-state index in [0.717, 1.165) is 0 Å². The summed E-state index contributed by atoms with van der Waals surface area (Å²) in [6.07, 6.45) is 2.08. The van der Waals surface area contributed by atoms with Gasteiger partial charge in [-0.25, -0.2) is 0 Å². The molecule has 2 aromatic rings. The first-order chi connectivity index (χ1) is 11.6. The van der Waals surface area contributed by atoms with E-state index in [2.05, 4.69) is 87.7 Å². The van der Waals surface area contributed by atoms with Crippen molar-refractivity contribution in [3.63, 3.8) is 0 Å². The van der Waals surface area contributed by atoms with Gasteiger partial charge in [0.15, 0.2) is 5.78 Å². The standard InChI is InChI=1S/C17H22S.C5H10O2/c1-17(2,3)18(4,15-11-7-5-8-12-15)16-13-9-6-10-14-16;1-3-5(7)4(2)6/h5-14H,1-4H3;4,6H,3H2,1-2H3/t;4-/m.0/s1. The number of ketones is 1. The second-order valence-electron chi connectivity index (χ2n) is 7.15. The molecule has 0 heterocycles. The van der Waals surface area contributed by atoms with Gasteiger partial charge in [0.1, 0.15) is 6.10 Å². The number of rotatable bonds is 4. The minimum absolute atomic E-state index is 0.0972. The van der Waals surface area contributed by atoms with Crippen molar-refractivity contribution in [3.05, 3.63) is 60.7 Å². The lowest BCUT2D eigenvalue weighted by atomic mass is 10.2. The van der Waals surface area contributed by atoms with E-state index < -0.39 is 16.1 Å². The maximum atomic E-state index is 10.3. The monoisotopic (exact) mass is 360 g/mol. The lowest BCUT2D eigenvalue weighted by Crippen LogP contribution is -2.24. The number of Topliss-reactive ketones (excluding diaryl/α,β-unsaturated/α-hetero) is 1. The number of hydrogen-bond acceptors (Lipinski definition) is 2. The number of carbonyl (C=O) groups is 1. The molecule has 0 amide bonds. The molecule has 0 bridgehead atoms. The van der Waals surface area contributed by atoms with E-state index in [0.29, 0.717) is 6.42 Å². The summed E-state index contributed by atoms with van der Waals surface area (Å²) in [6, 6.07) is 21.9. The Balaban J connectivity index is 0.000000381. The molecule has 0 saturated heterocycles. The van der Waals surface area contributed by atoms with Gasteiger partial charge in [0, 0.05) is 6.42 Å². The van der Waals surface area contributed by atoms with Crippen LogP contribution in [0.3, 0.4) is 0 Å². The summed E-state index contributed by atoms with van der Waals surface area (Å²) in [6.45, 7) is 10.3. The minimum atomic E-state index is -1.01. The topological polar surface area (TPSA) is 37.3 Å². The zero-order valence-electron chi connectivity index (χ0n) is 16.3. The molecule has 138 valence electrons. The molecule has 0 aliphatic rings. The molecule has 2 aromatic carbocycles. The van der Waals surface area contributed by atoms with Crippen molar-refractivity contribution in [2.24, 2.45) is 0 Å². The van der Waals surface area contributed by atoms with Crippen LogP contribution in [0.1, 0.15) is 41.0 Å². The zero-order valence-corrected chi connectivity index (χ0v) is 17.1. The summed E-state index contributed by atoms with van der Waals surface area (Å²) in [4.78, 5) is 13.2. The van der Waals surface area contributed by atoms with Gasteiger partial charge in [-0.1, -0.05) is 64.1 Å². The number of hydrogen-bond donors (Lipinski definition) is 1. The van der Waals surface area contributed by atoms with Crippen LogP contribution in [0.5, 0.6) is 0 Å². The second-order valence-corrected chi connectivity index (χ2v) is 11.2. The van der Waals surface area contributed by atoms with Crippen LogP contribution in [0.15, 0.2) is 70.5 Å². The van der Waals surface area contributed by atoms with Crippen LogP contribution in [-0.2, 0) is 4.79 Å². The normalized spacial score (nSPS) is 13.4. The van der Waals surface area contributed by atoms with E-state index in [1.807, 2.05) is 0 Å². The third-order valence-corrected chi connectivity index (χ3v) is 9.35. The molecule has 0 aromatic heterocycles. The average Bonchev–Trinajstić information content (AvgIpc) is 2.61. The van der Waals surface area contributed by atoms with Gasteiger partial charge in [-0.15, -0.1) is 0 Å². The Morgan fingerprint density at radius 3 is 1.52 bits per heavy atom. The average molecular weight is 361 g/mol. The summed E-state index contributed by atoms with van der Waals surface area (Å²) in [7, 11) is -1.01. The summed E-state index contributed by atoms with van der Waals surface area (Å²) in [5.74, 6) is -0.0972. The maximum absolute atomic E-state index is 10.3. The van der Waals surface area contributed by atoms with Gasteiger partial charge in [0.2, 0.25) is 0 Å². The molecule has 0 aliphatic heterocycles. The van der Waals surface area contributed by atoms with Gasteiger partial charge >= 0.3 is 0 Å². The minimum Gasteiger partial charge on any atom is -0.386 e. The number of benzene rings is 2. The highest BCUT2D eigenvalue weighted by molar-refractivity contribution is 8.34. The van der Waals surface area contributed by atoms with Gasteiger partial charge in [0.05, 0.1) is 0 Å². The Morgan fingerprint density at radius 1 is 0.960 bits per heavy atom. The summed E-state index contributed by atoms with van der Waals surface area (Å²) >= 11 is 0. The molecule has 0 aliphatic carbocycles. The third kappa shape index (κ3) is 5.45. The molecule has 0 unspecified atom stereocenters. The molecular weight excluding hydrogens is 328 g/mol. The smallest absolute Gasteiger partial charge is 0.160 e. The first kappa shape index (κ1) is 21.5. The van der Waals surface area contributed by atoms with E-state index in [4.69, 9.17) is 5.11 Å². The predicted octanol–water partition coefficient (Wildman–Crippen LogP) is 5.68. The quantitative estimate of drug-likeness (QED) is 0.761. The Morgan fingerprint density at radius 2 is 1.32 bits per heavy atom. The fourth-order valence-corrected chi connectivity index (χ4v) is 5.61. The molecule has 25 heavy (non-hydrogen) atoms. The molecule has 2 nitrogen and oxygen atoms in total. The molecule has 1 N–H and O–H groups in total. The molecule has 0 spiro atoms. The second kappa shape index (κ2) is 9.21. The van der Waals surface area contributed by atoms with Crippen molar-refractivity contribution in [2.75, 3.05) is 6.26 Å². The Hall–Kier alpha value is -1.58. The molecular formula is C22H32O2S. The van der Waals surface area contributed by atoms with Crippen molar-refractivity contribution in [1.82, 2.24) is 0 Å². The van der Waals surface area contributed by atoms with Gasteiger partial charge < -0.3 is 5.11 Å². The fourth-order valence-electron chi connectivity index (χ4n) is 2.52. The largest absolute Gasteiger partial charge is 0.386 e. The maximum Gasteiger partial charge on any atom is 0.160 e. The summed E-state index contributed by atoms with van der Waals surface area (Å²) < 4.78 is 0.246. The van der Waals surface area contributed by atoms with Crippen LogP contribution in [0.25, 0.3) is 0 Å². The van der Waals surface area contributed by atoms with Crippen molar-refractivity contribution in [1.29, 1.82) is 0 Å². The first-order valence-corrected chi connectivity index (χ1v) is 10.8. The van der Waals surface area contributed by atoms with Crippen LogP contribution < -0.4 is 0 Å². The van der Waals surface area contributed by atoms with Crippen LogP contribution in [0.4, 0.5) is 0 Å². The Kier molecular flexibility index (Phi) is 7.91. The van der Waals surface area contributed by atoms with Gasteiger partial charge in [-0.3, -0.25) is 4.79 Å². The summed E-state index contributed by atoms with van der Waals surface area (Å²) in [5, 5.41) is 8.47. The lowest BCUT2D eigenvalue weighted by molar-refractivity contribution is -0.125. The van der Waals surface area contributed by atoms with Crippen LogP contribution in [-0.4, -0.2) is 28.0 Å². The van der Waals surface area contributed by atoms with E-state index >= 15 is 0 Å². The van der Waals surface area contributed by atoms with Gasteiger partial charge in [-0.05, 0) is 52.0 Å². The van der Waals surface area contributed by atoms with Crippen molar-refractivity contribution in [2.45, 2.75) is 61.7 Å². The van der Waals surface area contributed by atoms with Crippen molar-refractivity contribution >= 4 is 15.8 Å². The zero-order chi connectivity index (χ0) is 19.1. The highest BCUT2D eigenvalue weighted by Crippen LogP contribution is 2.67. The highest BCUT2D eigenvalue weighted by Gasteiger charge is 2.35. The molecule has 2 rings (SSSR count). The molecule has 3 heteroatoms. The number of carbonyl (C=O) groups excluding carboxylic acids is 1. The summed E-state index contributed by atoms with van der Waals surface area (Å²) in [5.41, 5.74) is 0. The number of aliphatic hydroxyl groups excluding tert-OH is 1. The van der Waals surface area contributed by atoms with E-state index in [9.17, 15) is 4.79 Å².